The molecule has 0 amide bonds. The number of aromatic nitrogens is 4. The van der Waals surface area contributed by atoms with E-state index in [-0.39, 0.29) is 11.2 Å². The van der Waals surface area contributed by atoms with Crippen LogP contribution in [0.2, 0.25) is 0 Å². The summed E-state index contributed by atoms with van der Waals surface area (Å²) in [6.45, 7) is 3.67. The third kappa shape index (κ3) is 2.37. The van der Waals surface area contributed by atoms with Crippen LogP contribution in [0.3, 0.4) is 0 Å². The van der Waals surface area contributed by atoms with Crippen molar-refractivity contribution >= 4 is 19.7 Å². The molecule has 0 fully saturated rings. The van der Waals surface area contributed by atoms with Crippen LogP contribution < -0.4 is 0 Å². The van der Waals surface area contributed by atoms with Crippen molar-refractivity contribution in [1.82, 2.24) is 19.7 Å². The molecular formula is C10H11ClN4O2S. The maximum Gasteiger partial charge on any atom is 0.296 e. The normalized spacial score (nSPS) is 12.0. The van der Waals surface area contributed by atoms with Gasteiger partial charge in [-0.25, -0.2) is 8.42 Å². The van der Waals surface area contributed by atoms with E-state index in [9.17, 15) is 8.42 Å². The molecule has 0 unspecified atom stereocenters. The summed E-state index contributed by atoms with van der Waals surface area (Å²) in [5.74, 6) is 0.451. The van der Waals surface area contributed by atoms with Gasteiger partial charge >= 0.3 is 0 Å². The van der Waals surface area contributed by atoms with E-state index in [4.69, 9.17) is 10.7 Å². The highest BCUT2D eigenvalue weighted by Gasteiger charge is 2.24. The summed E-state index contributed by atoms with van der Waals surface area (Å²) >= 11 is 0. The molecule has 2 aromatic heterocycles. The van der Waals surface area contributed by atoms with Crippen molar-refractivity contribution in [2.24, 2.45) is 0 Å². The van der Waals surface area contributed by atoms with Crippen LogP contribution in [0.4, 0.5) is 0 Å². The van der Waals surface area contributed by atoms with Crippen molar-refractivity contribution in [1.29, 1.82) is 0 Å². The number of hydrogen-bond acceptors (Lipinski definition) is 5. The first kappa shape index (κ1) is 13.0. The lowest BCUT2D eigenvalue weighted by atomic mass is 10.2. The van der Waals surface area contributed by atoms with Crippen molar-refractivity contribution in [2.75, 3.05) is 0 Å². The van der Waals surface area contributed by atoms with Gasteiger partial charge in [0.25, 0.3) is 14.2 Å². The largest absolute Gasteiger partial charge is 0.296 e. The van der Waals surface area contributed by atoms with E-state index < -0.39 is 9.05 Å². The summed E-state index contributed by atoms with van der Waals surface area (Å²) in [7, 11) is 1.43. The highest BCUT2D eigenvalue weighted by Crippen LogP contribution is 2.25. The van der Waals surface area contributed by atoms with E-state index in [1.54, 1.807) is 24.5 Å². The average molecular weight is 287 g/mol. The molecule has 0 bridgehead atoms. The molecule has 6 nitrogen and oxygen atoms in total. The van der Waals surface area contributed by atoms with Crippen LogP contribution in [0.15, 0.2) is 29.7 Å². The molecule has 18 heavy (non-hydrogen) atoms. The molecule has 0 aliphatic rings. The Bertz CT molecular complexity index is 652. The molecule has 0 atom stereocenters. The first-order chi connectivity index (χ1) is 8.41. The van der Waals surface area contributed by atoms with Gasteiger partial charge in [-0.05, 0) is 26.0 Å². The number of hydrogen-bond donors (Lipinski definition) is 0. The first-order valence-electron chi connectivity index (χ1n) is 5.21. The average Bonchev–Trinajstić information content (AvgIpc) is 2.74. The zero-order valence-corrected chi connectivity index (χ0v) is 11.4. The molecular weight excluding hydrogens is 276 g/mol. The second-order valence-corrected chi connectivity index (χ2v) is 6.40. The number of halogens is 1. The molecule has 96 valence electrons. The Morgan fingerprint density at radius 1 is 1.22 bits per heavy atom. The molecule has 0 spiro atoms. The number of pyridine rings is 1. The molecule has 2 heterocycles. The van der Waals surface area contributed by atoms with Crippen LogP contribution >= 0.6 is 10.7 Å². The van der Waals surface area contributed by atoms with Crippen LogP contribution in [0.1, 0.15) is 19.9 Å². The van der Waals surface area contributed by atoms with E-state index >= 15 is 0 Å². The molecule has 0 N–H and O–H groups in total. The molecule has 0 aliphatic heterocycles. The Morgan fingerprint density at radius 3 is 2.33 bits per heavy atom. The minimum absolute atomic E-state index is 0.133. The minimum Gasteiger partial charge on any atom is -0.294 e. The summed E-state index contributed by atoms with van der Waals surface area (Å²) in [6.07, 6.45) is 3.20. The van der Waals surface area contributed by atoms with Gasteiger partial charge in [-0.15, -0.1) is 10.2 Å². The monoisotopic (exact) mass is 286 g/mol. The van der Waals surface area contributed by atoms with E-state index in [2.05, 4.69) is 15.2 Å². The molecule has 0 saturated carbocycles. The van der Waals surface area contributed by atoms with E-state index in [1.165, 1.54) is 4.57 Å². The third-order valence-corrected chi connectivity index (χ3v) is 3.47. The zero-order valence-electron chi connectivity index (χ0n) is 9.78. The smallest absolute Gasteiger partial charge is 0.294 e. The third-order valence-electron chi connectivity index (χ3n) is 2.34. The molecule has 8 heteroatoms. The van der Waals surface area contributed by atoms with Crippen molar-refractivity contribution in [3.05, 3.63) is 24.5 Å². The lowest BCUT2D eigenvalue weighted by Gasteiger charge is -2.12. The van der Waals surface area contributed by atoms with Crippen LogP contribution in [-0.4, -0.2) is 28.2 Å². The summed E-state index contributed by atoms with van der Waals surface area (Å²) in [5, 5.41) is 7.31. The van der Waals surface area contributed by atoms with Crippen molar-refractivity contribution in [2.45, 2.75) is 25.0 Å². The van der Waals surface area contributed by atoms with Crippen LogP contribution in [0.25, 0.3) is 11.4 Å². The molecule has 2 aromatic rings. The van der Waals surface area contributed by atoms with Gasteiger partial charge in [-0.3, -0.25) is 9.55 Å². The molecule has 2 rings (SSSR count). The summed E-state index contributed by atoms with van der Waals surface area (Å²) in [6, 6.07) is 3.33. The fourth-order valence-corrected chi connectivity index (χ4v) is 2.59. The fourth-order valence-electron chi connectivity index (χ4n) is 1.61. The van der Waals surface area contributed by atoms with E-state index in [0.717, 1.165) is 5.56 Å². The lowest BCUT2D eigenvalue weighted by molar-refractivity contribution is 0.530. The maximum atomic E-state index is 11.4. The zero-order chi connectivity index (χ0) is 13.3. The Kier molecular flexibility index (Phi) is 3.36. The standard InChI is InChI=1S/C10H11ClN4O2S/c1-7(2)15-9(8-3-5-12-6-4-8)13-14-10(15)18(11,16)17/h3-7H,1-2H3. The van der Waals surface area contributed by atoms with Crippen LogP contribution in [0, 0.1) is 0 Å². The SMILES string of the molecule is CC(C)n1c(-c2ccncc2)nnc1S(=O)(=O)Cl. The van der Waals surface area contributed by atoms with Gasteiger partial charge in [0.05, 0.1) is 0 Å². The van der Waals surface area contributed by atoms with Gasteiger partial charge in [-0.2, -0.15) is 0 Å². The predicted molar refractivity (Wildman–Crippen MR) is 66.7 cm³/mol. The molecule has 0 aromatic carbocycles. The Morgan fingerprint density at radius 2 is 1.83 bits per heavy atom. The quantitative estimate of drug-likeness (QED) is 0.805. The van der Waals surface area contributed by atoms with E-state index in [1.807, 2.05) is 13.8 Å². The second-order valence-electron chi connectivity index (χ2n) is 3.94. The maximum absolute atomic E-state index is 11.4. The van der Waals surface area contributed by atoms with Crippen molar-refractivity contribution in [3.8, 4) is 11.4 Å². The van der Waals surface area contributed by atoms with Gasteiger partial charge in [0.2, 0.25) is 0 Å². The molecule has 0 saturated heterocycles. The Hall–Kier alpha value is -1.47. The van der Waals surface area contributed by atoms with Gasteiger partial charge in [0, 0.05) is 34.7 Å². The highest BCUT2D eigenvalue weighted by atomic mass is 35.7. The van der Waals surface area contributed by atoms with Gasteiger partial charge < -0.3 is 0 Å². The number of nitrogens with zero attached hydrogens (tertiary/aromatic N) is 4. The predicted octanol–water partition coefficient (Wildman–Crippen LogP) is 1.85. The summed E-state index contributed by atoms with van der Waals surface area (Å²) in [4.78, 5) is 3.90. The minimum atomic E-state index is -3.92. The van der Waals surface area contributed by atoms with Crippen molar-refractivity contribution in [3.63, 3.8) is 0 Å². The van der Waals surface area contributed by atoms with Gasteiger partial charge in [-0.1, -0.05) is 0 Å². The molecule has 0 radical (unpaired) electrons. The number of rotatable bonds is 3. The Balaban J connectivity index is 2.68. The van der Waals surface area contributed by atoms with E-state index in [0.29, 0.717) is 5.82 Å². The van der Waals surface area contributed by atoms with Crippen LogP contribution in [0.5, 0.6) is 0 Å². The highest BCUT2D eigenvalue weighted by molar-refractivity contribution is 8.13. The van der Waals surface area contributed by atoms with Gasteiger partial charge in [0.15, 0.2) is 5.82 Å². The summed E-state index contributed by atoms with van der Waals surface area (Å²) < 4.78 is 24.3. The fraction of sp³-hybridized carbons (Fsp3) is 0.300. The second kappa shape index (κ2) is 4.66. The molecule has 0 aliphatic carbocycles. The topological polar surface area (TPSA) is 77.7 Å². The van der Waals surface area contributed by atoms with Crippen molar-refractivity contribution < 1.29 is 8.42 Å². The summed E-state index contributed by atoms with van der Waals surface area (Å²) in [5.41, 5.74) is 0.734. The van der Waals surface area contributed by atoms with Crippen LogP contribution in [-0.2, 0) is 9.05 Å². The first-order valence-corrected chi connectivity index (χ1v) is 7.52. The lowest BCUT2D eigenvalue weighted by Crippen LogP contribution is -2.10. The Labute approximate surface area is 109 Å². The van der Waals surface area contributed by atoms with Gasteiger partial charge in [0.1, 0.15) is 0 Å².